The van der Waals surface area contributed by atoms with Gasteiger partial charge in [-0.2, -0.15) is 0 Å². The van der Waals surface area contributed by atoms with Gasteiger partial charge >= 0.3 is 6.03 Å². The molecule has 0 saturated carbocycles. The first-order chi connectivity index (χ1) is 12.6. The van der Waals surface area contributed by atoms with Gasteiger partial charge in [0.05, 0.1) is 24.6 Å². The van der Waals surface area contributed by atoms with Crippen LogP contribution in [0.4, 0.5) is 10.6 Å². The Hall–Kier alpha value is -2.35. The van der Waals surface area contributed by atoms with Gasteiger partial charge in [0.25, 0.3) is 0 Å². The standard InChI is InChI=1S/C18H26N6O2/c1-13-4-6-24(18(25)23-7-9-26-10-8-23)11-15(13)22(2)17-14-3-5-19-16(14)20-12-21-17/h3,5,12-13,15H,4,6-11H2,1-2H3,(H,19,20,21). The predicted molar refractivity (Wildman–Crippen MR) is 99.2 cm³/mol. The zero-order chi connectivity index (χ0) is 18.1. The molecule has 2 aromatic rings. The number of morpholine rings is 1. The lowest BCUT2D eigenvalue weighted by Gasteiger charge is -2.43. The molecule has 8 heteroatoms. The summed E-state index contributed by atoms with van der Waals surface area (Å²) in [4.78, 5) is 30.9. The van der Waals surface area contributed by atoms with Crippen LogP contribution >= 0.6 is 0 Å². The van der Waals surface area contributed by atoms with E-state index in [-0.39, 0.29) is 12.1 Å². The summed E-state index contributed by atoms with van der Waals surface area (Å²) in [7, 11) is 2.07. The maximum absolute atomic E-state index is 12.9. The van der Waals surface area contributed by atoms with Crippen molar-refractivity contribution < 1.29 is 9.53 Å². The van der Waals surface area contributed by atoms with Crippen molar-refractivity contribution in [2.24, 2.45) is 5.92 Å². The minimum atomic E-state index is 0.132. The van der Waals surface area contributed by atoms with Crippen molar-refractivity contribution in [2.75, 3.05) is 51.3 Å². The number of carbonyl (C=O) groups excluding carboxylic acids is 1. The third-order valence-corrected chi connectivity index (χ3v) is 5.64. The minimum absolute atomic E-state index is 0.132. The van der Waals surface area contributed by atoms with Crippen LogP contribution in [0.1, 0.15) is 13.3 Å². The summed E-state index contributed by atoms with van der Waals surface area (Å²) >= 11 is 0. The summed E-state index contributed by atoms with van der Waals surface area (Å²) in [6.45, 7) is 6.40. The van der Waals surface area contributed by atoms with Gasteiger partial charge in [0.1, 0.15) is 17.8 Å². The number of rotatable bonds is 2. The van der Waals surface area contributed by atoms with E-state index in [9.17, 15) is 4.79 Å². The first-order valence-electron chi connectivity index (χ1n) is 9.27. The molecule has 2 unspecified atom stereocenters. The fourth-order valence-corrected chi connectivity index (χ4v) is 3.98. The molecular formula is C18H26N6O2. The first-order valence-corrected chi connectivity index (χ1v) is 9.27. The normalized spacial score (nSPS) is 24.1. The van der Waals surface area contributed by atoms with E-state index in [1.807, 2.05) is 22.1 Å². The quantitative estimate of drug-likeness (QED) is 0.881. The summed E-state index contributed by atoms with van der Waals surface area (Å²) in [6.07, 6.45) is 4.47. The Morgan fingerprint density at radius 2 is 2.08 bits per heavy atom. The van der Waals surface area contributed by atoms with Gasteiger partial charge in [-0.15, -0.1) is 0 Å². The van der Waals surface area contributed by atoms with Crippen molar-refractivity contribution in [3.63, 3.8) is 0 Å². The molecule has 0 aromatic carbocycles. The number of nitrogens with one attached hydrogen (secondary N) is 1. The van der Waals surface area contributed by atoms with E-state index in [1.165, 1.54) is 0 Å². The molecule has 2 saturated heterocycles. The summed E-state index contributed by atoms with van der Waals surface area (Å²) < 4.78 is 5.37. The van der Waals surface area contributed by atoms with Gasteiger partial charge in [0.15, 0.2) is 0 Å². The number of hydrogen-bond donors (Lipinski definition) is 1. The molecule has 4 heterocycles. The number of anilines is 1. The second kappa shape index (κ2) is 7.11. The molecule has 26 heavy (non-hydrogen) atoms. The zero-order valence-corrected chi connectivity index (χ0v) is 15.4. The van der Waals surface area contributed by atoms with Gasteiger partial charge in [-0.25, -0.2) is 14.8 Å². The average molecular weight is 358 g/mol. The molecule has 1 N–H and O–H groups in total. The lowest BCUT2D eigenvalue weighted by atomic mass is 9.92. The number of H-pyrrole nitrogens is 1. The first kappa shape index (κ1) is 17.1. The molecule has 2 aliphatic rings. The highest BCUT2D eigenvalue weighted by molar-refractivity contribution is 5.87. The molecule has 2 fully saturated rings. The second-order valence-electron chi connectivity index (χ2n) is 7.21. The van der Waals surface area contributed by atoms with E-state index in [2.05, 4.69) is 33.8 Å². The highest BCUT2D eigenvalue weighted by Gasteiger charge is 2.34. The molecule has 2 amide bonds. The van der Waals surface area contributed by atoms with Gasteiger partial charge in [0, 0.05) is 39.4 Å². The molecule has 0 radical (unpaired) electrons. The van der Waals surface area contributed by atoms with Crippen LogP contribution in [0.25, 0.3) is 11.0 Å². The van der Waals surface area contributed by atoms with Gasteiger partial charge in [-0.3, -0.25) is 0 Å². The smallest absolute Gasteiger partial charge is 0.320 e. The number of likely N-dealkylation sites (tertiary alicyclic amines) is 1. The Kier molecular flexibility index (Phi) is 4.67. The van der Waals surface area contributed by atoms with Crippen LogP contribution in [-0.2, 0) is 4.74 Å². The van der Waals surface area contributed by atoms with Crippen LogP contribution in [0.15, 0.2) is 18.6 Å². The third-order valence-electron chi connectivity index (χ3n) is 5.64. The Labute approximate surface area is 153 Å². The number of fused-ring (bicyclic) bond motifs is 1. The molecule has 2 aromatic heterocycles. The number of urea groups is 1. The number of amides is 2. The number of likely N-dealkylation sites (N-methyl/N-ethyl adjacent to an activating group) is 1. The van der Waals surface area contributed by atoms with Gasteiger partial charge in [0.2, 0.25) is 0 Å². The topological polar surface area (TPSA) is 77.6 Å². The Morgan fingerprint density at radius 1 is 1.27 bits per heavy atom. The van der Waals surface area contributed by atoms with Crippen LogP contribution in [-0.4, -0.2) is 83.3 Å². The van der Waals surface area contributed by atoms with E-state index in [0.29, 0.717) is 38.8 Å². The number of piperidine rings is 1. The Balaban J connectivity index is 1.53. The van der Waals surface area contributed by atoms with Crippen LogP contribution in [0.3, 0.4) is 0 Å². The van der Waals surface area contributed by atoms with Crippen molar-refractivity contribution in [3.05, 3.63) is 18.6 Å². The zero-order valence-electron chi connectivity index (χ0n) is 15.4. The van der Waals surface area contributed by atoms with Gasteiger partial charge in [-0.05, 0) is 18.4 Å². The number of carbonyl (C=O) groups is 1. The molecule has 2 atom stereocenters. The number of hydrogen-bond acceptors (Lipinski definition) is 5. The summed E-state index contributed by atoms with van der Waals surface area (Å²) in [5.74, 6) is 1.39. The largest absolute Gasteiger partial charge is 0.378 e. The SMILES string of the molecule is CC1CCN(C(=O)N2CCOCC2)CC1N(C)c1ncnc2[nH]ccc12. The Bertz CT molecular complexity index is 772. The molecule has 0 spiro atoms. The predicted octanol–water partition coefficient (Wildman–Crippen LogP) is 1.56. The van der Waals surface area contributed by atoms with Crippen molar-refractivity contribution in [1.29, 1.82) is 0 Å². The number of aromatic nitrogens is 3. The average Bonchev–Trinajstić information content (AvgIpc) is 3.17. The highest BCUT2D eigenvalue weighted by Crippen LogP contribution is 2.29. The third kappa shape index (κ3) is 3.09. The maximum Gasteiger partial charge on any atom is 0.320 e. The van der Waals surface area contributed by atoms with E-state index in [1.54, 1.807) is 6.33 Å². The highest BCUT2D eigenvalue weighted by atomic mass is 16.5. The molecule has 2 aliphatic heterocycles. The molecule has 140 valence electrons. The molecule has 0 bridgehead atoms. The van der Waals surface area contributed by atoms with Crippen molar-refractivity contribution in [1.82, 2.24) is 24.8 Å². The molecule has 8 nitrogen and oxygen atoms in total. The van der Waals surface area contributed by atoms with Crippen molar-refractivity contribution in [2.45, 2.75) is 19.4 Å². The van der Waals surface area contributed by atoms with Gasteiger partial charge in [-0.1, -0.05) is 6.92 Å². The minimum Gasteiger partial charge on any atom is -0.378 e. The van der Waals surface area contributed by atoms with Crippen LogP contribution in [0.5, 0.6) is 0 Å². The van der Waals surface area contributed by atoms with Crippen LogP contribution < -0.4 is 4.90 Å². The van der Waals surface area contributed by atoms with E-state index >= 15 is 0 Å². The Morgan fingerprint density at radius 3 is 2.88 bits per heavy atom. The van der Waals surface area contributed by atoms with Gasteiger partial charge < -0.3 is 24.4 Å². The van der Waals surface area contributed by atoms with E-state index in [0.717, 1.165) is 29.8 Å². The number of nitrogens with zero attached hydrogens (tertiary/aromatic N) is 5. The number of aromatic amines is 1. The molecular weight excluding hydrogens is 332 g/mol. The van der Waals surface area contributed by atoms with E-state index < -0.39 is 0 Å². The lowest BCUT2D eigenvalue weighted by Crippen LogP contribution is -2.57. The van der Waals surface area contributed by atoms with Crippen molar-refractivity contribution >= 4 is 22.9 Å². The van der Waals surface area contributed by atoms with Crippen LogP contribution in [0.2, 0.25) is 0 Å². The van der Waals surface area contributed by atoms with Crippen LogP contribution in [0, 0.1) is 5.92 Å². The van der Waals surface area contributed by atoms with Crippen molar-refractivity contribution in [3.8, 4) is 0 Å². The summed E-state index contributed by atoms with van der Waals surface area (Å²) in [6, 6.07) is 2.36. The fourth-order valence-electron chi connectivity index (χ4n) is 3.98. The fraction of sp³-hybridized carbons (Fsp3) is 0.611. The summed E-state index contributed by atoms with van der Waals surface area (Å²) in [5.41, 5.74) is 0.839. The maximum atomic E-state index is 12.9. The molecule has 4 rings (SSSR count). The number of ether oxygens (including phenoxy) is 1. The second-order valence-corrected chi connectivity index (χ2v) is 7.21. The molecule has 0 aliphatic carbocycles. The van der Waals surface area contributed by atoms with E-state index in [4.69, 9.17) is 4.74 Å². The summed E-state index contributed by atoms with van der Waals surface area (Å²) in [5, 5.41) is 1.01. The lowest BCUT2D eigenvalue weighted by molar-refractivity contribution is 0.0390. The monoisotopic (exact) mass is 358 g/mol.